The highest BCUT2D eigenvalue weighted by Gasteiger charge is 2.55. The van der Waals surface area contributed by atoms with Gasteiger partial charge in [-0.15, -0.1) is 0 Å². The van der Waals surface area contributed by atoms with Crippen molar-refractivity contribution in [3.63, 3.8) is 0 Å². The standard InChI is InChI=1S/C18H22ClN3O3/c1-12-6-4-5-9-18(12)16(24)22(17(25)21-18)11-15(23)20-10-13-7-2-3-8-14(13)19/h2-3,7-8,12H,4-6,9-11H2,1H3,(H,20,23)(H,21,25)/t12-,18+/m0/s1. The number of urea groups is 1. The Bertz CT molecular complexity index is 709. The van der Waals surface area contributed by atoms with Gasteiger partial charge in [0.05, 0.1) is 0 Å². The van der Waals surface area contributed by atoms with Crippen molar-refractivity contribution in [2.24, 2.45) is 5.92 Å². The zero-order valence-corrected chi connectivity index (χ0v) is 14.9. The Hall–Kier alpha value is -2.08. The van der Waals surface area contributed by atoms with E-state index in [4.69, 9.17) is 11.6 Å². The van der Waals surface area contributed by atoms with E-state index in [0.29, 0.717) is 11.4 Å². The van der Waals surface area contributed by atoms with Crippen LogP contribution in [0, 0.1) is 5.92 Å². The molecule has 0 bridgehead atoms. The van der Waals surface area contributed by atoms with Crippen LogP contribution in [-0.4, -0.2) is 34.8 Å². The van der Waals surface area contributed by atoms with Gasteiger partial charge >= 0.3 is 6.03 Å². The van der Waals surface area contributed by atoms with Crippen LogP contribution in [0.3, 0.4) is 0 Å². The highest BCUT2D eigenvalue weighted by atomic mass is 35.5. The summed E-state index contributed by atoms with van der Waals surface area (Å²) >= 11 is 6.06. The summed E-state index contributed by atoms with van der Waals surface area (Å²) < 4.78 is 0. The van der Waals surface area contributed by atoms with Gasteiger partial charge in [-0.3, -0.25) is 14.5 Å². The summed E-state index contributed by atoms with van der Waals surface area (Å²) in [7, 11) is 0. The summed E-state index contributed by atoms with van der Waals surface area (Å²) in [5.41, 5.74) is -0.0506. The maximum atomic E-state index is 12.8. The third kappa shape index (κ3) is 3.35. The van der Waals surface area contributed by atoms with E-state index >= 15 is 0 Å². The minimum atomic E-state index is -0.835. The molecule has 0 unspecified atom stereocenters. The molecule has 2 N–H and O–H groups in total. The van der Waals surface area contributed by atoms with Crippen LogP contribution in [0.2, 0.25) is 5.02 Å². The molecule has 3 rings (SSSR count). The van der Waals surface area contributed by atoms with Crippen molar-refractivity contribution in [3.8, 4) is 0 Å². The Kier molecular flexibility index (Phi) is 4.99. The second-order valence-electron chi connectivity index (χ2n) is 6.81. The van der Waals surface area contributed by atoms with Crippen molar-refractivity contribution < 1.29 is 14.4 Å². The summed E-state index contributed by atoms with van der Waals surface area (Å²) in [5, 5.41) is 6.12. The lowest BCUT2D eigenvalue weighted by Crippen LogP contribution is -2.54. The van der Waals surface area contributed by atoms with Gasteiger partial charge in [-0.1, -0.05) is 49.6 Å². The minimum Gasteiger partial charge on any atom is -0.350 e. The average Bonchev–Trinajstić information content (AvgIpc) is 2.82. The molecule has 1 saturated heterocycles. The van der Waals surface area contributed by atoms with Crippen molar-refractivity contribution >= 4 is 29.4 Å². The van der Waals surface area contributed by atoms with Crippen LogP contribution in [0.25, 0.3) is 0 Å². The number of rotatable bonds is 4. The summed E-state index contributed by atoms with van der Waals surface area (Å²) in [5.74, 6) is -0.588. The Balaban J connectivity index is 1.62. The van der Waals surface area contributed by atoms with E-state index in [1.165, 1.54) is 0 Å². The van der Waals surface area contributed by atoms with Crippen LogP contribution < -0.4 is 10.6 Å². The van der Waals surface area contributed by atoms with Crippen molar-refractivity contribution in [3.05, 3.63) is 34.9 Å². The number of nitrogens with one attached hydrogen (secondary N) is 2. The lowest BCUT2D eigenvalue weighted by atomic mass is 9.73. The summed E-state index contributed by atoms with van der Waals surface area (Å²) in [6, 6.07) is 6.72. The number of carbonyl (C=O) groups excluding carboxylic acids is 3. The van der Waals surface area contributed by atoms with Gasteiger partial charge in [0.15, 0.2) is 0 Å². The quantitative estimate of drug-likeness (QED) is 0.806. The highest BCUT2D eigenvalue weighted by Crippen LogP contribution is 2.38. The molecule has 1 saturated carbocycles. The Morgan fingerprint density at radius 3 is 2.84 bits per heavy atom. The van der Waals surface area contributed by atoms with Gasteiger partial charge in [-0.25, -0.2) is 4.79 Å². The Morgan fingerprint density at radius 1 is 1.36 bits per heavy atom. The first-order valence-electron chi connectivity index (χ1n) is 8.58. The largest absolute Gasteiger partial charge is 0.350 e. The third-order valence-electron chi connectivity index (χ3n) is 5.24. The second kappa shape index (κ2) is 7.04. The zero-order chi connectivity index (χ0) is 18.0. The fourth-order valence-corrected chi connectivity index (χ4v) is 3.88. The van der Waals surface area contributed by atoms with E-state index in [0.717, 1.165) is 29.7 Å². The lowest BCUT2D eigenvalue weighted by Gasteiger charge is -2.36. The summed E-state index contributed by atoms with van der Waals surface area (Å²) in [4.78, 5) is 38.3. The molecule has 2 aliphatic rings. The molecular formula is C18H22ClN3O3. The predicted molar refractivity (Wildman–Crippen MR) is 93.9 cm³/mol. The molecule has 7 heteroatoms. The molecule has 1 spiro atoms. The molecule has 1 aliphatic heterocycles. The maximum absolute atomic E-state index is 12.8. The van der Waals surface area contributed by atoms with Crippen LogP contribution in [0.4, 0.5) is 4.79 Å². The molecule has 1 aromatic carbocycles. The van der Waals surface area contributed by atoms with Crippen LogP contribution in [-0.2, 0) is 16.1 Å². The molecule has 1 heterocycles. The summed E-state index contributed by atoms with van der Waals surface area (Å²) in [6.07, 6.45) is 3.50. The lowest BCUT2D eigenvalue weighted by molar-refractivity contribution is -0.137. The molecule has 4 amide bonds. The zero-order valence-electron chi connectivity index (χ0n) is 14.2. The van der Waals surface area contributed by atoms with Gasteiger partial charge in [-0.05, 0) is 30.4 Å². The van der Waals surface area contributed by atoms with E-state index in [1.54, 1.807) is 6.07 Å². The van der Waals surface area contributed by atoms with E-state index in [2.05, 4.69) is 10.6 Å². The first-order valence-corrected chi connectivity index (χ1v) is 8.96. The number of benzene rings is 1. The molecule has 0 radical (unpaired) electrons. The van der Waals surface area contributed by atoms with Gasteiger partial charge in [0.2, 0.25) is 5.91 Å². The Morgan fingerprint density at radius 2 is 2.12 bits per heavy atom. The molecule has 0 aromatic heterocycles. The van der Waals surface area contributed by atoms with Crippen molar-refractivity contribution in [1.29, 1.82) is 0 Å². The summed E-state index contributed by atoms with van der Waals surface area (Å²) in [6.45, 7) is 1.96. The van der Waals surface area contributed by atoms with Gasteiger partial charge in [0.25, 0.3) is 5.91 Å². The number of imide groups is 1. The van der Waals surface area contributed by atoms with Crippen LogP contribution in [0.15, 0.2) is 24.3 Å². The van der Waals surface area contributed by atoms with Crippen molar-refractivity contribution in [2.45, 2.75) is 44.7 Å². The minimum absolute atomic E-state index is 0.0777. The van der Waals surface area contributed by atoms with Crippen molar-refractivity contribution in [1.82, 2.24) is 15.5 Å². The topological polar surface area (TPSA) is 78.5 Å². The number of nitrogens with zero attached hydrogens (tertiary/aromatic N) is 1. The number of hydrogen-bond donors (Lipinski definition) is 2. The first kappa shape index (κ1) is 17.7. The number of halogens is 1. The smallest absolute Gasteiger partial charge is 0.325 e. The molecule has 6 nitrogen and oxygen atoms in total. The average molecular weight is 364 g/mol. The van der Waals surface area contributed by atoms with E-state index in [1.807, 2.05) is 25.1 Å². The highest BCUT2D eigenvalue weighted by molar-refractivity contribution is 6.31. The molecule has 1 aliphatic carbocycles. The van der Waals surface area contributed by atoms with E-state index in [9.17, 15) is 14.4 Å². The molecule has 134 valence electrons. The van der Waals surface area contributed by atoms with E-state index < -0.39 is 11.6 Å². The van der Waals surface area contributed by atoms with Gasteiger partial charge in [-0.2, -0.15) is 0 Å². The SMILES string of the molecule is C[C@H]1CCCC[C@@]12NC(=O)N(CC(=O)NCc1ccccc1Cl)C2=O. The van der Waals surface area contributed by atoms with Crippen LogP contribution >= 0.6 is 11.6 Å². The number of amides is 4. The molecule has 2 fully saturated rings. The number of carbonyl (C=O) groups is 3. The fraction of sp³-hybridized carbons (Fsp3) is 0.500. The maximum Gasteiger partial charge on any atom is 0.325 e. The molecule has 1 aromatic rings. The van der Waals surface area contributed by atoms with Crippen molar-refractivity contribution in [2.75, 3.05) is 6.54 Å². The second-order valence-corrected chi connectivity index (χ2v) is 7.21. The third-order valence-corrected chi connectivity index (χ3v) is 5.61. The predicted octanol–water partition coefficient (Wildman–Crippen LogP) is 2.46. The first-order chi connectivity index (χ1) is 11.9. The van der Waals surface area contributed by atoms with Gasteiger partial charge in [0, 0.05) is 11.6 Å². The fourth-order valence-electron chi connectivity index (χ4n) is 3.67. The monoisotopic (exact) mass is 363 g/mol. The molecule has 25 heavy (non-hydrogen) atoms. The Labute approximate surface area is 151 Å². The molecular weight excluding hydrogens is 342 g/mol. The molecule has 2 atom stereocenters. The van der Waals surface area contributed by atoms with Gasteiger partial charge < -0.3 is 10.6 Å². The van der Waals surface area contributed by atoms with Gasteiger partial charge in [0.1, 0.15) is 12.1 Å². The normalized spacial score (nSPS) is 26.0. The van der Waals surface area contributed by atoms with Crippen LogP contribution in [0.5, 0.6) is 0 Å². The van der Waals surface area contributed by atoms with E-state index in [-0.39, 0.29) is 30.8 Å². The number of hydrogen-bond acceptors (Lipinski definition) is 3. The van der Waals surface area contributed by atoms with Crippen LogP contribution in [0.1, 0.15) is 38.2 Å².